The van der Waals surface area contributed by atoms with Gasteiger partial charge in [-0.2, -0.15) is 64.7 Å². The van der Waals surface area contributed by atoms with Gasteiger partial charge in [0.15, 0.2) is 0 Å². The van der Waals surface area contributed by atoms with Crippen molar-refractivity contribution in [3.63, 3.8) is 0 Å². The van der Waals surface area contributed by atoms with Gasteiger partial charge in [-0.3, -0.25) is 15.0 Å². The molecule has 184 valence electrons. The van der Waals surface area contributed by atoms with Crippen LogP contribution in [-0.2, 0) is 20.1 Å². The van der Waals surface area contributed by atoms with Crippen LogP contribution in [0.2, 0.25) is 0 Å². The Morgan fingerprint density at radius 3 is 1.56 bits per heavy atom. The summed E-state index contributed by atoms with van der Waals surface area (Å²) in [6.07, 6.45) is 3.62. The number of hydrogen-bond acceptors (Lipinski definition) is 3. The van der Waals surface area contributed by atoms with E-state index in [4.69, 9.17) is 4.98 Å². The first-order valence-corrected chi connectivity index (χ1v) is 12.5. The zero-order valence-electron chi connectivity index (χ0n) is 20.7. The minimum atomic E-state index is 0. The first-order chi connectivity index (χ1) is 18.8. The molecule has 0 aliphatic carbocycles. The number of hydrogen-bond donors (Lipinski definition) is 0. The largest absolute Gasteiger partial charge is 3.00 e. The van der Waals surface area contributed by atoms with Crippen LogP contribution in [-0.4, -0.2) is 15.0 Å². The first-order valence-electron chi connectivity index (χ1n) is 12.5. The maximum atomic E-state index is 5.00. The molecule has 3 heterocycles. The molecule has 0 bridgehead atoms. The second-order valence-electron chi connectivity index (χ2n) is 9.06. The number of pyridine rings is 3. The van der Waals surface area contributed by atoms with Crippen LogP contribution in [0.15, 0.2) is 122 Å². The number of nitrogens with zero attached hydrogens (tertiary/aromatic N) is 3. The van der Waals surface area contributed by atoms with Crippen LogP contribution in [0.4, 0.5) is 0 Å². The Balaban J connectivity index is 0.00000277. The minimum absolute atomic E-state index is 0. The number of aromatic nitrogens is 3. The monoisotopic (exact) mass is 675 g/mol. The number of benzene rings is 4. The van der Waals surface area contributed by atoms with Crippen LogP contribution in [0.5, 0.6) is 0 Å². The molecule has 0 saturated heterocycles. The predicted molar refractivity (Wildman–Crippen MR) is 153 cm³/mol. The van der Waals surface area contributed by atoms with E-state index < -0.39 is 0 Å². The fourth-order valence-corrected chi connectivity index (χ4v) is 4.73. The molecule has 0 unspecified atom stereocenters. The van der Waals surface area contributed by atoms with Crippen molar-refractivity contribution in [3.8, 4) is 44.8 Å². The Labute approximate surface area is 240 Å². The maximum Gasteiger partial charge on any atom is 3.00 e. The van der Waals surface area contributed by atoms with E-state index in [1.165, 1.54) is 0 Å². The molecule has 39 heavy (non-hydrogen) atoms. The predicted octanol–water partition coefficient (Wildman–Crippen LogP) is 8.24. The average molecular weight is 675 g/mol. The van der Waals surface area contributed by atoms with Crippen LogP contribution in [0.3, 0.4) is 0 Å². The number of fused-ring (bicyclic) bond motifs is 3. The van der Waals surface area contributed by atoms with Crippen LogP contribution >= 0.6 is 0 Å². The molecule has 0 N–H and O–H groups in total. The summed E-state index contributed by atoms with van der Waals surface area (Å²) < 4.78 is 0. The van der Waals surface area contributed by atoms with E-state index in [9.17, 15) is 0 Å². The molecule has 4 aromatic carbocycles. The summed E-state index contributed by atoms with van der Waals surface area (Å²) in [5.41, 5.74) is 9.34. The van der Waals surface area contributed by atoms with E-state index in [0.717, 1.165) is 66.6 Å². The fourth-order valence-electron chi connectivity index (χ4n) is 4.73. The van der Waals surface area contributed by atoms with Crippen molar-refractivity contribution in [3.05, 3.63) is 140 Å². The molecule has 0 atom stereocenters. The number of rotatable bonds is 4. The first kappa shape index (κ1) is 24.8. The van der Waals surface area contributed by atoms with E-state index in [0.29, 0.717) is 0 Å². The molecule has 0 amide bonds. The molecule has 0 aliphatic rings. The Hall–Kier alpha value is -4.50. The molecule has 0 radical (unpaired) electrons. The quantitative estimate of drug-likeness (QED) is 0.140. The third-order valence-corrected chi connectivity index (χ3v) is 6.61. The Bertz CT molecular complexity index is 1930. The average Bonchev–Trinajstić information content (AvgIpc) is 3.01. The van der Waals surface area contributed by atoms with E-state index >= 15 is 0 Å². The van der Waals surface area contributed by atoms with Gasteiger partial charge in [0.2, 0.25) is 0 Å². The SMILES string of the molecule is [Ir+3].[c-]1c(-c2[c-]c(-c3ccccn3)ccc2)cccc1-c1[c-]c(-c2ccc3ccc4cccnc4c3n2)ccc1. The zero-order chi connectivity index (χ0) is 25.3. The molecule has 0 aliphatic heterocycles. The molecule has 3 aromatic heterocycles. The normalized spacial score (nSPS) is 10.9. The van der Waals surface area contributed by atoms with E-state index in [-0.39, 0.29) is 20.1 Å². The summed E-state index contributed by atoms with van der Waals surface area (Å²) in [5.74, 6) is 0. The molecule has 0 saturated carbocycles. The molecule has 3 nitrogen and oxygen atoms in total. The molecule has 7 aromatic rings. The summed E-state index contributed by atoms with van der Waals surface area (Å²) in [5, 5.41) is 2.15. The van der Waals surface area contributed by atoms with Gasteiger partial charge < -0.3 is 0 Å². The topological polar surface area (TPSA) is 38.7 Å². The van der Waals surface area contributed by atoms with Crippen molar-refractivity contribution in [2.75, 3.05) is 0 Å². The van der Waals surface area contributed by atoms with Gasteiger partial charge in [0, 0.05) is 34.6 Å². The summed E-state index contributed by atoms with van der Waals surface area (Å²) in [4.78, 5) is 14.1. The van der Waals surface area contributed by atoms with Gasteiger partial charge in [-0.15, -0.1) is 41.5 Å². The molecule has 7 rings (SSSR count). The van der Waals surface area contributed by atoms with Gasteiger partial charge >= 0.3 is 20.1 Å². The third kappa shape index (κ3) is 4.88. The molecule has 0 fully saturated rings. The van der Waals surface area contributed by atoms with E-state index in [2.05, 4.69) is 82.8 Å². The van der Waals surface area contributed by atoms with Crippen molar-refractivity contribution in [2.24, 2.45) is 0 Å². The van der Waals surface area contributed by atoms with Crippen LogP contribution in [0.25, 0.3) is 66.6 Å². The van der Waals surface area contributed by atoms with Gasteiger partial charge in [0.05, 0.1) is 11.0 Å². The van der Waals surface area contributed by atoms with Gasteiger partial charge in [0.25, 0.3) is 0 Å². The Morgan fingerprint density at radius 1 is 0.385 bits per heavy atom. The smallest absolute Gasteiger partial charge is 0.295 e. The molecular formula is C35H20IrN3. The standard InChI is InChI=1S/C35H20N3.Ir/c1-2-19-36-32(14-1)30-11-4-9-28(22-30)26-7-3-8-27(21-26)29-10-5-12-31(23-29)33-18-17-25-16-15-24-13-6-20-37-34(24)35(25)38-33;/h1-20H;/q-3;+3. The third-order valence-electron chi connectivity index (χ3n) is 6.61. The minimum Gasteiger partial charge on any atom is -0.295 e. The van der Waals surface area contributed by atoms with Gasteiger partial charge in [-0.25, -0.2) is 0 Å². The van der Waals surface area contributed by atoms with Crippen molar-refractivity contribution in [1.82, 2.24) is 15.0 Å². The molecule has 4 heteroatoms. The van der Waals surface area contributed by atoms with Gasteiger partial charge in [-0.1, -0.05) is 42.5 Å². The van der Waals surface area contributed by atoms with Crippen molar-refractivity contribution < 1.29 is 20.1 Å². The maximum absolute atomic E-state index is 5.00. The summed E-state index contributed by atoms with van der Waals surface area (Å²) in [6, 6.07) is 47.3. The van der Waals surface area contributed by atoms with Crippen LogP contribution in [0.1, 0.15) is 0 Å². The van der Waals surface area contributed by atoms with Crippen LogP contribution in [0, 0.1) is 18.2 Å². The van der Waals surface area contributed by atoms with Gasteiger partial charge in [-0.05, 0) is 12.1 Å². The second kappa shape index (κ2) is 10.7. The fraction of sp³-hybridized carbons (Fsp3) is 0. The van der Waals surface area contributed by atoms with E-state index in [1.807, 2.05) is 60.8 Å². The second-order valence-corrected chi connectivity index (χ2v) is 9.06. The van der Waals surface area contributed by atoms with Crippen molar-refractivity contribution >= 4 is 21.8 Å². The zero-order valence-corrected chi connectivity index (χ0v) is 23.1. The van der Waals surface area contributed by atoms with Crippen LogP contribution < -0.4 is 0 Å². The Kier molecular flexibility index (Phi) is 6.81. The van der Waals surface area contributed by atoms with E-state index in [1.54, 1.807) is 6.20 Å². The van der Waals surface area contributed by atoms with Crippen molar-refractivity contribution in [1.29, 1.82) is 0 Å². The molecular weight excluding hydrogens is 655 g/mol. The molecule has 0 spiro atoms. The summed E-state index contributed by atoms with van der Waals surface area (Å²) in [6.45, 7) is 0. The van der Waals surface area contributed by atoms with Crippen molar-refractivity contribution in [2.45, 2.75) is 0 Å². The van der Waals surface area contributed by atoms with Gasteiger partial charge in [0.1, 0.15) is 0 Å². The Morgan fingerprint density at radius 2 is 0.923 bits per heavy atom. The summed E-state index contributed by atoms with van der Waals surface area (Å²) in [7, 11) is 0. The summed E-state index contributed by atoms with van der Waals surface area (Å²) >= 11 is 0.